The van der Waals surface area contributed by atoms with Crippen molar-refractivity contribution in [2.24, 2.45) is 0 Å². The van der Waals surface area contributed by atoms with Crippen LogP contribution in [0.4, 0.5) is 11.4 Å². The van der Waals surface area contributed by atoms with Crippen molar-refractivity contribution in [3.8, 4) is 0 Å². The minimum absolute atomic E-state index is 0.0352. The molecule has 0 aliphatic carbocycles. The molecule has 9 heteroatoms. The van der Waals surface area contributed by atoms with E-state index >= 15 is 0 Å². The highest BCUT2D eigenvalue weighted by atomic mass is 16.6. The zero-order chi connectivity index (χ0) is 22.5. The number of morpholine rings is 1. The van der Waals surface area contributed by atoms with E-state index in [1.54, 1.807) is 12.1 Å². The second-order valence-electron chi connectivity index (χ2n) is 7.50. The van der Waals surface area contributed by atoms with Crippen LogP contribution >= 0.6 is 0 Å². The zero-order valence-corrected chi connectivity index (χ0v) is 18.1. The molecule has 0 bridgehead atoms. The first kappa shape index (κ1) is 22.5. The molecule has 0 spiro atoms. The van der Waals surface area contributed by atoms with Gasteiger partial charge in [0.05, 0.1) is 23.7 Å². The number of carbonyl (C=O) groups is 2. The zero-order valence-electron chi connectivity index (χ0n) is 18.1. The van der Waals surface area contributed by atoms with E-state index in [2.05, 4.69) is 11.5 Å². The van der Waals surface area contributed by atoms with Crippen LogP contribution in [0, 0.1) is 24.0 Å². The number of ether oxygens (including phenoxy) is 2. The number of Topliss-reactive ketones (excluding diaryl/α,β-unsaturated/α-hetero) is 1. The molecule has 3 rings (SSSR count). The Hall–Kier alpha value is -3.20. The van der Waals surface area contributed by atoms with Crippen molar-refractivity contribution in [2.75, 3.05) is 37.8 Å². The first-order valence-electron chi connectivity index (χ1n) is 10.3. The van der Waals surface area contributed by atoms with Crippen molar-refractivity contribution < 1.29 is 24.0 Å². The van der Waals surface area contributed by atoms with Gasteiger partial charge >= 0.3 is 5.97 Å². The molecule has 0 atom stereocenters. The number of ketones is 1. The van der Waals surface area contributed by atoms with Gasteiger partial charge in [-0.2, -0.15) is 0 Å². The number of aromatic nitrogens is 1. The van der Waals surface area contributed by atoms with Gasteiger partial charge in [0.25, 0.3) is 5.69 Å². The van der Waals surface area contributed by atoms with Crippen LogP contribution < -0.4 is 4.90 Å². The first-order valence-corrected chi connectivity index (χ1v) is 10.3. The molecule has 0 saturated carbocycles. The summed E-state index contributed by atoms with van der Waals surface area (Å²) in [7, 11) is 0. The highest BCUT2D eigenvalue weighted by molar-refractivity contribution is 6.00. The Bertz CT molecular complexity index is 991. The fourth-order valence-corrected chi connectivity index (χ4v) is 3.81. The number of nitro groups is 1. The van der Waals surface area contributed by atoms with E-state index in [0.29, 0.717) is 37.6 Å². The third-order valence-corrected chi connectivity index (χ3v) is 5.42. The Morgan fingerprint density at radius 3 is 2.55 bits per heavy atom. The highest BCUT2D eigenvalue weighted by Crippen LogP contribution is 2.30. The van der Waals surface area contributed by atoms with Crippen molar-refractivity contribution in [1.29, 1.82) is 0 Å². The molecule has 0 amide bonds. The van der Waals surface area contributed by atoms with Gasteiger partial charge in [-0.1, -0.05) is 6.92 Å². The molecule has 0 radical (unpaired) electrons. The average Bonchev–Trinajstić information content (AvgIpc) is 3.06. The van der Waals surface area contributed by atoms with Gasteiger partial charge < -0.3 is 18.9 Å². The smallest absolute Gasteiger partial charge is 0.338 e. The van der Waals surface area contributed by atoms with Crippen LogP contribution in [-0.2, 0) is 16.0 Å². The van der Waals surface area contributed by atoms with Crippen molar-refractivity contribution in [2.45, 2.75) is 33.7 Å². The van der Waals surface area contributed by atoms with Crippen LogP contribution in [0.5, 0.6) is 0 Å². The van der Waals surface area contributed by atoms with Crippen LogP contribution in [0.2, 0.25) is 0 Å². The lowest BCUT2D eigenvalue weighted by Gasteiger charge is -2.28. The van der Waals surface area contributed by atoms with Crippen LogP contribution in [-0.4, -0.2) is 54.2 Å². The van der Waals surface area contributed by atoms with Crippen LogP contribution in [0.1, 0.15) is 45.4 Å². The summed E-state index contributed by atoms with van der Waals surface area (Å²) in [6.07, 6.45) is 0.943. The standard InChI is InChI=1S/C22H27N3O6/c1-4-7-24-15(2)12-18(16(24)3)21(26)14-31-22(27)17-5-6-19(20(13-17)25(28)29)23-8-10-30-11-9-23/h5-6,12-13H,4,7-11,14H2,1-3H3. The lowest BCUT2D eigenvalue weighted by molar-refractivity contribution is -0.384. The number of esters is 1. The minimum Gasteiger partial charge on any atom is -0.454 e. The molecule has 1 aromatic carbocycles. The van der Waals surface area contributed by atoms with E-state index in [9.17, 15) is 19.7 Å². The molecule has 1 fully saturated rings. The topological polar surface area (TPSA) is 104 Å². The van der Waals surface area contributed by atoms with E-state index in [1.807, 2.05) is 18.7 Å². The van der Waals surface area contributed by atoms with Gasteiger partial charge in [0.2, 0.25) is 5.78 Å². The highest BCUT2D eigenvalue weighted by Gasteiger charge is 2.24. The van der Waals surface area contributed by atoms with E-state index in [1.165, 1.54) is 12.1 Å². The molecule has 166 valence electrons. The van der Waals surface area contributed by atoms with Gasteiger partial charge in [0, 0.05) is 42.7 Å². The lowest BCUT2D eigenvalue weighted by Crippen LogP contribution is -2.36. The van der Waals surface area contributed by atoms with Crippen molar-refractivity contribution in [3.05, 3.63) is 56.9 Å². The Morgan fingerprint density at radius 1 is 1.19 bits per heavy atom. The number of hydrogen-bond acceptors (Lipinski definition) is 7. The SMILES string of the molecule is CCCn1c(C)cc(C(=O)COC(=O)c2ccc(N3CCOCC3)c([N+](=O)[O-])c2)c1C. The number of carbonyl (C=O) groups excluding carboxylic acids is 2. The molecular weight excluding hydrogens is 402 g/mol. The van der Waals surface area contributed by atoms with Crippen LogP contribution in [0.25, 0.3) is 0 Å². The van der Waals surface area contributed by atoms with Gasteiger partial charge in [-0.3, -0.25) is 14.9 Å². The molecule has 1 saturated heterocycles. The van der Waals surface area contributed by atoms with E-state index in [4.69, 9.17) is 9.47 Å². The van der Waals surface area contributed by atoms with Gasteiger partial charge in [0.1, 0.15) is 5.69 Å². The Morgan fingerprint density at radius 2 is 1.90 bits per heavy atom. The monoisotopic (exact) mass is 429 g/mol. The van der Waals surface area contributed by atoms with Gasteiger partial charge in [0.15, 0.2) is 6.61 Å². The number of nitrogens with zero attached hydrogens (tertiary/aromatic N) is 3. The quantitative estimate of drug-likeness (QED) is 0.274. The van der Waals surface area contributed by atoms with E-state index in [-0.39, 0.29) is 17.0 Å². The third kappa shape index (κ3) is 4.93. The molecule has 2 aromatic rings. The Balaban J connectivity index is 1.72. The molecule has 2 heterocycles. The summed E-state index contributed by atoms with van der Waals surface area (Å²) in [4.78, 5) is 37.9. The van der Waals surface area contributed by atoms with Gasteiger partial charge in [-0.05, 0) is 38.5 Å². The summed E-state index contributed by atoms with van der Waals surface area (Å²) < 4.78 is 12.5. The lowest BCUT2D eigenvalue weighted by atomic mass is 10.1. The maximum atomic E-state index is 12.6. The fraction of sp³-hybridized carbons (Fsp3) is 0.455. The summed E-state index contributed by atoms with van der Waals surface area (Å²) in [5, 5.41) is 11.6. The largest absolute Gasteiger partial charge is 0.454 e. The fourth-order valence-electron chi connectivity index (χ4n) is 3.81. The molecular formula is C22H27N3O6. The second kappa shape index (κ2) is 9.74. The molecule has 0 N–H and O–H groups in total. The predicted molar refractivity (Wildman–Crippen MR) is 115 cm³/mol. The molecule has 9 nitrogen and oxygen atoms in total. The number of hydrogen-bond donors (Lipinski definition) is 0. The second-order valence-corrected chi connectivity index (χ2v) is 7.50. The normalized spacial score (nSPS) is 13.8. The van der Waals surface area contributed by atoms with E-state index in [0.717, 1.165) is 24.4 Å². The maximum Gasteiger partial charge on any atom is 0.338 e. The number of nitro benzene ring substituents is 1. The molecule has 31 heavy (non-hydrogen) atoms. The molecule has 1 aromatic heterocycles. The van der Waals surface area contributed by atoms with Crippen molar-refractivity contribution in [3.63, 3.8) is 0 Å². The van der Waals surface area contributed by atoms with Gasteiger partial charge in [-0.15, -0.1) is 0 Å². The maximum absolute atomic E-state index is 12.6. The number of anilines is 1. The summed E-state index contributed by atoms with van der Waals surface area (Å²) >= 11 is 0. The van der Waals surface area contributed by atoms with E-state index < -0.39 is 17.5 Å². The van der Waals surface area contributed by atoms with Gasteiger partial charge in [-0.25, -0.2) is 4.79 Å². The minimum atomic E-state index is -0.771. The summed E-state index contributed by atoms with van der Waals surface area (Å²) in [6.45, 7) is 8.30. The van der Waals surface area contributed by atoms with Crippen molar-refractivity contribution in [1.82, 2.24) is 4.57 Å². The molecule has 1 aliphatic rings. The van der Waals surface area contributed by atoms with Crippen LogP contribution in [0.3, 0.4) is 0 Å². The van der Waals surface area contributed by atoms with Crippen molar-refractivity contribution >= 4 is 23.1 Å². The molecule has 1 aliphatic heterocycles. The molecule has 0 unspecified atom stereocenters. The summed E-state index contributed by atoms with van der Waals surface area (Å²) in [5.74, 6) is -1.07. The Labute approximate surface area is 180 Å². The third-order valence-electron chi connectivity index (χ3n) is 5.42. The average molecular weight is 429 g/mol. The number of benzene rings is 1. The number of aryl methyl sites for hydroxylation is 1. The predicted octanol–water partition coefficient (Wildman–Crippen LogP) is 3.30. The number of rotatable bonds is 8. The summed E-state index contributed by atoms with van der Waals surface area (Å²) in [5.41, 5.74) is 2.63. The Kier molecular flexibility index (Phi) is 7.06. The first-order chi connectivity index (χ1) is 14.8. The van der Waals surface area contributed by atoms with Crippen LogP contribution in [0.15, 0.2) is 24.3 Å². The summed E-state index contributed by atoms with van der Waals surface area (Å²) in [6, 6.07) is 6.02.